The van der Waals surface area contributed by atoms with Crippen LogP contribution in [0.5, 0.6) is 0 Å². The van der Waals surface area contributed by atoms with Gasteiger partial charge >= 0.3 is 0 Å². The fraction of sp³-hybridized carbons (Fsp3) is 0.267. The summed E-state index contributed by atoms with van der Waals surface area (Å²) in [5.41, 5.74) is 1.39. The monoisotopic (exact) mass is 256 g/mol. The maximum absolute atomic E-state index is 4.43. The molecule has 0 bridgehead atoms. The second-order valence-corrected chi connectivity index (χ2v) is 5.39. The molecule has 3 rings (SSSR count). The van der Waals surface area contributed by atoms with Gasteiger partial charge in [0.25, 0.3) is 0 Å². The Kier molecular flexibility index (Phi) is 3.15. The minimum absolute atomic E-state index is 0.930. The topological polar surface area (TPSA) is 17.8 Å². The lowest BCUT2D eigenvalue weighted by Crippen LogP contribution is -2.03. The van der Waals surface area contributed by atoms with Crippen LogP contribution in [0.1, 0.15) is 24.7 Å². The standard InChI is InChI=1S/C15H16N2S/c1-2-5-15-16-8-9-17(15)10-12-11-18-14-7-4-3-6-13(12)14/h3-4,6-9,11H,2,5,10H2,1H3. The van der Waals surface area contributed by atoms with Crippen LogP contribution < -0.4 is 0 Å². The zero-order chi connectivity index (χ0) is 12.4. The van der Waals surface area contributed by atoms with E-state index in [-0.39, 0.29) is 0 Å². The Labute approximate surface area is 111 Å². The van der Waals surface area contributed by atoms with Crippen molar-refractivity contribution in [2.45, 2.75) is 26.3 Å². The number of fused-ring (bicyclic) bond motifs is 1. The second-order valence-electron chi connectivity index (χ2n) is 4.48. The highest BCUT2D eigenvalue weighted by molar-refractivity contribution is 7.17. The smallest absolute Gasteiger partial charge is 0.108 e. The van der Waals surface area contributed by atoms with E-state index in [1.54, 1.807) is 0 Å². The van der Waals surface area contributed by atoms with Gasteiger partial charge in [-0.2, -0.15) is 0 Å². The van der Waals surface area contributed by atoms with Crippen LogP contribution in [0.2, 0.25) is 0 Å². The molecule has 0 atom stereocenters. The number of imidazole rings is 1. The quantitative estimate of drug-likeness (QED) is 0.687. The van der Waals surface area contributed by atoms with Crippen molar-refractivity contribution in [2.75, 3.05) is 0 Å². The summed E-state index contributed by atoms with van der Waals surface area (Å²) in [6.07, 6.45) is 6.17. The lowest BCUT2D eigenvalue weighted by atomic mass is 10.2. The van der Waals surface area contributed by atoms with Crippen molar-refractivity contribution in [1.82, 2.24) is 9.55 Å². The Hall–Kier alpha value is -1.61. The molecule has 18 heavy (non-hydrogen) atoms. The first-order valence-electron chi connectivity index (χ1n) is 6.33. The molecule has 0 N–H and O–H groups in total. The van der Waals surface area contributed by atoms with Crippen LogP contribution in [0.4, 0.5) is 0 Å². The van der Waals surface area contributed by atoms with Gasteiger partial charge < -0.3 is 4.57 Å². The molecule has 3 aromatic rings. The van der Waals surface area contributed by atoms with E-state index in [0.717, 1.165) is 19.4 Å². The fourth-order valence-corrected chi connectivity index (χ4v) is 3.23. The van der Waals surface area contributed by atoms with Crippen LogP contribution in [-0.4, -0.2) is 9.55 Å². The lowest BCUT2D eigenvalue weighted by Gasteiger charge is -2.06. The first-order chi connectivity index (χ1) is 8.88. The Balaban J connectivity index is 1.94. The van der Waals surface area contributed by atoms with Crippen LogP contribution in [-0.2, 0) is 13.0 Å². The molecule has 0 fully saturated rings. The number of nitrogens with zero attached hydrogens (tertiary/aromatic N) is 2. The van der Waals surface area contributed by atoms with Crippen molar-refractivity contribution in [3.63, 3.8) is 0 Å². The molecule has 2 heterocycles. The SMILES string of the molecule is CCCc1nccn1Cc1csc2ccccc12. The molecule has 0 aliphatic heterocycles. The van der Waals surface area contributed by atoms with E-state index in [1.807, 2.05) is 17.5 Å². The third kappa shape index (κ3) is 2.06. The van der Waals surface area contributed by atoms with Crippen molar-refractivity contribution >= 4 is 21.4 Å². The minimum Gasteiger partial charge on any atom is -0.330 e. The molecule has 0 saturated heterocycles. The van der Waals surface area contributed by atoms with Crippen molar-refractivity contribution in [3.8, 4) is 0 Å². The summed E-state index contributed by atoms with van der Waals surface area (Å²) in [5, 5.41) is 3.64. The van der Waals surface area contributed by atoms with Gasteiger partial charge in [-0.3, -0.25) is 0 Å². The molecule has 0 amide bonds. The minimum atomic E-state index is 0.930. The average Bonchev–Trinajstić information content (AvgIpc) is 2.99. The van der Waals surface area contributed by atoms with Gasteiger partial charge in [0.05, 0.1) is 6.54 Å². The number of hydrogen-bond acceptors (Lipinski definition) is 2. The predicted molar refractivity (Wildman–Crippen MR) is 77.1 cm³/mol. The van der Waals surface area contributed by atoms with Crippen molar-refractivity contribution in [2.24, 2.45) is 0 Å². The lowest BCUT2D eigenvalue weighted by molar-refractivity contribution is 0.709. The molecule has 0 aliphatic carbocycles. The van der Waals surface area contributed by atoms with E-state index < -0.39 is 0 Å². The van der Waals surface area contributed by atoms with E-state index in [9.17, 15) is 0 Å². The first-order valence-corrected chi connectivity index (χ1v) is 7.21. The second kappa shape index (κ2) is 4.94. The van der Waals surface area contributed by atoms with Crippen LogP contribution in [0.3, 0.4) is 0 Å². The summed E-state index contributed by atoms with van der Waals surface area (Å²) in [7, 11) is 0. The van der Waals surface area contributed by atoms with Crippen LogP contribution in [0.25, 0.3) is 10.1 Å². The molecule has 2 aromatic heterocycles. The van der Waals surface area contributed by atoms with E-state index in [0.29, 0.717) is 0 Å². The van der Waals surface area contributed by atoms with Crippen molar-refractivity contribution < 1.29 is 0 Å². The highest BCUT2D eigenvalue weighted by Crippen LogP contribution is 2.26. The highest BCUT2D eigenvalue weighted by atomic mass is 32.1. The van der Waals surface area contributed by atoms with E-state index in [2.05, 4.69) is 52.3 Å². The zero-order valence-corrected chi connectivity index (χ0v) is 11.3. The summed E-state index contributed by atoms with van der Waals surface area (Å²) in [4.78, 5) is 4.43. The summed E-state index contributed by atoms with van der Waals surface area (Å²) in [5.74, 6) is 1.19. The molecule has 92 valence electrons. The average molecular weight is 256 g/mol. The highest BCUT2D eigenvalue weighted by Gasteiger charge is 2.06. The maximum atomic E-state index is 4.43. The van der Waals surface area contributed by atoms with Gasteiger partial charge in [0.15, 0.2) is 0 Å². The number of benzene rings is 1. The number of aromatic nitrogens is 2. The van der Waals surface area contributed by atoms with Crippen LogP contribution in [0.15, 0.2) is 42.0 Å². The van der Waals surface area contributed by atoms with Gasteiger partial charge in [-0.25, -0.2) is 4.98 Å². The Morgan fingerprint density at radius 1 is 1.28 bits per heavy atom. The van der Waals surface area contributed by atoms with Crippen LogP contribution >= 0.6 is 11.3 Å². The summed E-state index contributed by atoms with van der Waals surface area (Å²) in [6, 6.07) is 8.60. The number of aryl methyl sites for hydroxylation is 1. The van der Waals surface area contributed by atoms with Gasteiger partial charge in [0.1, 0.15) is 5.82 Å². The van der Waals surface area contributed by atoms with E-state index >= 15 is 0 Å². The molecule has 1 aromatic carbocycles. The van der Waals surface area contributed by atoms with Crippen LogP contribution in [0, 0.1) is 0 Å². The number of hydrogen-bond donors (Lipinski definition) is 0. The van der Waals surface area contributed by atoms with E-state index in [1.165, 1.54) is 21.5 Å². The molecular formula is C15H16N2S. The maximum Gasteiger partial charge on any atom is 0.108 e. The summed E-state index contributed by atoms with van der Waals surface area (Å²) >= 11 is 1.82. The molecule has 2 nitrogen and oxygen atoms in total. The normalized spacial score (nSPS) is 11.2. The van der Waals surface area contributed by atoms with Gasteiger partial charge in [0.2, 0.25) is 0 Å². The first kappa shape index (κ1) is 11.5. The largest absolute Gasteiger partial charge is 0.330 e. The van der Waals surface area contributed by atoms with Gasteiger partial charge in [-0.1, -0.05) is 25.1 Å². The molecule has 0 aliphatic rings. The van der Waals surface area contributed by atoms with Crippen molar-refractivity contribution in [1.29, 1.82) is 0 Å². The van der Waals surface area contributed by atoms with Gasteiger partial charge in [-0.15, -0.1) is 11.3 Å². The molecule has 0 radical (unpaired) electrons. The molecule has 3 heteroatoms. The van der Waals surface area contributed by atoms with E-state index in [4.69, 9.17) is 0 Å². The third-order valence-electron chi connectivity index (χ3n) is 3.18. The summed E-state index contributed by atoms with van der Waals surface area (Å²) < 4.78 is 3.63. The number of thiophene rings is 1. The predicted octanol–water partition coefficient (Wildman–Crippen LogP) is 4.10. The number of rotatable bonds is 4. The zero-order valence-electron chi connectivity index (χ0n) is 10.5. The Morgan fingerprint density at radius 2 is 2.17 bits per heavy atom. The molecular weight excluding hydrogens is 240 g/mol. The van der Waals surface area contributed by atoms with Gasteiger partial charge in [0, 0.05) is 23.5 Å². The van der Waals surface area contributed by atoms with Gasteiger partial charge in [-0.05, 0) is 28.8 Å². The Morgan fingerprint density at radius 3 is 3.06 bits per heavy atom. The molecule has 0 saturated carbocycles. The third-order valence-corrected chi connectivity index (χ3v) is 4.19. The summed E-state index contributed by atoms with van der Waals surface area (Å²) in [6.45, 7) is 3.12. The van der Waals surface area contributed by atoms with Crippen molar-refractivity contribution in [3.05, 3.63) is 53.4 Å². The fourth-order valence-electron chi connectivity index (χ4n) is 2.27. The Bertz CT molecular complexity index is 651. The molecule has 0 unspecified atom stereocenters. The molecule has 0 spiro atoms.